The Morgan fingerprint density at radius 2 is 2.33 bits per heavy atom. The summed E-state index contributed by atoms with van der Waals surface area (Å²) in [5.41, 5.74) is 0. The highest BCUT2D eigenvalue weighted by molar-refractivity contribution is 7.98. The SMILES string of the molecule is CSCCN(C)CC=O. The van der Waals surface area contributed by atoms with Gasteiger partial charge in [0, 0.05) is 12.3 Å². The minimum absolute atomic E-state index is 0.556. The maximum atomic E-state index is 9.93. The van der Waals surface area contributed by atoms with Gasteiger partial charge in [-0.3, -0.25) is 4.90 Å². The molecule has 0 heterocycles. The second-order valence-corrected chi connectivity index (χ2v) is 2.91. The van der Waals surface area contributed by atoms with Gasteiger partial charge in [-0.15, -0.1) is 0 Å². The van der Waals surface area contributed by atoms with E-state index in [2.05, 4.69) is 6.26 Å². The second-order valence-electron chi connectivity index (χ2n) is 1.92. The number of thioether (sulfide) groups is 1. The molecular weight excluding hydrogens is 134 g/mol. The number of aldehydes is 1. The zero-order valence-electron chi connectivity index (χ0n) is 5.96. The molecule has 3 heteroatoms. The Labute approximate surface area is 60.6 Å². The Hall–Kier alpha value is -0.0200. The van der Waals surface area contributed by atoms with E-state index in [1.54, 1.807) is 11.8 Å². The Morgan fingerprint density at radius 1 is 1.67 bits per heavy atom. The molecule has 0 rings (SSSR count). The van der Waals surface area contributed by atoms with Gasteiger partial charge in [0.15, 0.2) is 0 Å². The first-order valence-electron chi connectivity index (χ1n) is 2.92. The lowest BCUT2D eigenvalue weighted by molar-refractivity contribution is -0.108. The van der Waals surface area contributed by atoms with Crippen molar-refractivity contribution < 1.29 is 4.79 Å². The van der Waals surface area contributed by atoms with Crippen LogP contribution in [0.25, 0.3) is 0 Å². The molecule has 0 amide bonds. The zero-order chi connectivity index (χ0) is 7.11. The predicted molar refractivity (Wildman–Crippen MR) is 41.9 cm³/mol. The zero-order valence-corrected chi connectivity index (χ0v) is 6.78. The van der Waals surface area contributed by atoms with Gasteiger partial charge in [-0.1, -0.05) is 0 Å². The van der Waals surface area contributed by atoms with Crippen molar-refractivity contribution in [2.24, 2.45) is 0 Å². The molecule has 0 aliphatic carbocycles. The molecule has 9 heavy (non-hydrogen) atoms. The third kappa shape index (κ3) is 5.86. The molecule has 0 aromatic heterocycles. The number of carbonyl (C=O) groups excluding carboxylic acids is 1. The van der Waals surface area contributed by atoms with Crippen LogP contribution >= 0.6 is 11.8 Å². The third-order valence-electron chi connectivity index (χ3n) is 1.06. The normalized spacial score (nSPS) is 10.1. The Balaban J connectivity index is 3.04. The lowest BCUT2D eigenvalue weighted by Gasteiger charge is -2.10. The van der Waals surface area contributed by atoms with E-state index in [1.165, 1.54) is 0 Å². The van der Waals surface area contributed by atoms with Crippen LogP contribution in [-0.2, 0) is 4.79 Å². The lowest BCUT2D eigenvalue weighted by atomic mass is 10.6. The van der Waals surface area contributed by atoms with Gasteiger partial charge in [-0.05, 0) is 13.3 Å². The number of likely N-dealkylation sites (N-methyl/N-ethyl adjacent to an activating group) is 1. The number of nitrogens with zero attached hydrogens (tertiary/aromatic N) is 1. The fourth-order valence-electron chi connectivity index (χ4n) is 0.466. The fraction of sp³-hybridized carbons (Fsp3) is 0.833. The van der Waals surface area contributed by atoms with Crippen molar-refractivity contribution in [3.8, 4) is 0 Å². The molecule has 0 spiro atoms. The summed E-state index contributed by atoms with van der Waals surface area (Å²) in [5.74, 6) is 1.10. The summed E-state index contributed by atoms with van der Waals surface area (Å²) >= 11 is 1.80. The summed E-state index contributed by atoms with van der Waals surface area (Å²) in [5, 5.41) is 0. The second kappa shape index (κ2) is 6.11. The van der Waals surface area contributed by atoms with Gasteiger partial charge in [-0.2, -0.15) is 11.8 Å². The molecule has 0 unspecified atom stereocenters. The van der Waals surface area contributed by atoms with Crippen LogP contribution in [0.2, 0.25) is 0 Å². The minimum Gasteiger partial charge on any atom is -0.302 e. The minimum atomic E-state index is 0.556. The van der Waals surface area contributed by atoms with Crippen molar-refractivity contribution in [3.63, 3.8) is 0 Å². The first-order valence-corrected chi connectivity index (χ1v) is 4.31. The molecule has 54 valence electrons. The van der Waals surface area contributed by atoms with Crippen molar-refractivity contribution in [1.82, 2.24) is 4.90 Å². The van der Waals surface area contributed by atoms with Crippen molar-refractivity contribution in [2.45, 2.75) is 0 Å². The summed E-state index contributed by atoms with van der Waals surface area (Å²) in [7, 11) is 1.95. The van der Waals surface area contributed by atoms with Crippen LogP contribution in [0.15, 0.2) is 0 Å². The van der Waals surface area contributed by atoms with E-state index in [-0.39, 0.29) is 0 Å². The van der Waals surface area contributed by atoms with Gasteiger partial charge in [0.05, 0.1) is 6.54 Å². The van der Waals surface area contributed by atoms with E-state index >= 15 is 0 Å². The van der Waals surface area contributed by atoms with Gasteiger partial charge in [0.1, 0.15) is 6.29 Å². The van der Waals surface area contributed by atoms with E-state index in [9.17, 15) is 4.79 Å². The van der Waals surface area contributed by atoms with Crippen LogP contribution in [0.3, 0.4) is 0 Å². The Bertz CT molecular complexity index is 77.5. The summed E-state index contributed by atoms with van der Waals surface area (Å²) in [4.78, 5) is 11.9. The maximum Gasteiger partial charge on any atom is 0.133 e. The molecule has 0 N–H and O–H groups in total. The van der Waals surface area contributed by atoms with Gasteiger partial charge < -0.3 is 4.79 Å². The van der Waals surface area contributed by atoms with Crippen LogP contribution in [0.4, 0.5) is 0 Å². The summed E-state index contributed by atoms with van der Waals surface area (Å²) in [6.07, 6.45) is 3.00. The van der Waals surface area contributed by atoms with Crippen LogP contribution in [0.5, 0.6) is 0 Å². The standard InChI is InChI=1S/C6H13NOS/c1-7(3-5-8)4-6-9-2/h5H,3-4,6H2,1-2H3. The molecule has 0 saturated carbocycles. The molecular formula is C6H13NOS. The average molecular weight is 147 g/mol. The topological polar surface area (TPSA) is 20.3 Å². The number of rotatable bonds is 5. The molecule has 0 aromatic rings. The largest absolute Gasteiger partial charge is 0.302 e. The van der Waals surface area contributed by atoms with Crippen LogP contribution in [0, 0.1) is 0 Å². The van der Waals surface area contributed by atoms with Gasteiger partial charge in [0.25, 0.3) is 0 Å². The van der Waals surface area contributed by atoms with Crippen molar-refractivity contribution >= 4 is 18.0 Å². The van der Waals surface area contributed by atoms with E-state index in [0.717, 1.165) is 18.6 Å². The van der Waals surface area contributed by atoms with Crippen LogP contribution < -0.4 is 0 Å². The van der Waals surface area contributed by atoms with Gasteiger partial charge in [0.2, 0.25) is 0 Å². The molecule has 0 atom stereocenters. The molecule has 0 aromatic carbocycles. The fourth-order valence-corrected chi connectivity index (χ4v) is 0.960. The highest BCUT2D eigenvalue weighted by Crippen LogP contribution is 1.91. The van der Waals surface area contributed by atoms with E-state index in [0.29, 0.717) is 6.54 Å². The average Bonchev–Trinajstić information content (AvgIpc) is 1.85. The predicted octanol–water partition coefficient (Wildman–Crippen LogP) is 0.480. The highest BCUT2D eigenvalue weighted by atomic mass is 32.2. The highest BCUT2D eigenvalue weighted by Gasteiger charge is 1.92. The summed E-state index contributed by atoms with van der Waals surface area (Å²) in [6, 6.07) is 0. The Morgan fingerprint density at radius 3 is 2.78 bits per heavy atom. The molecule has 0 aliphatic heterocycles. The quantitative estimate of drug-likeness (QED) is 0.528. The molecule has 0 bridgehead atoms. The number of carbonyl (C=O) groups is 1. The van der Waals surface area contributed by atoms with E-state index < -0.39 is 0 Å². The van der Waals surface area contributed by atoms with Crippen molar-refractivity contribution in [3.05, 3.63) is 0 Å². The smallest absolute Gasteiger partial charge is 0.133 e. The van der Waals surface area contributed by atoms with Crippen LogP contribution in [-0.4, -0.2) is 43.3 Å². The van der Waals surface area contributed by atoms with Crippen molar-refractivity contribution in [1.29, 1.82) is 0 Å². The van der Waals surface area contributed by atoms with E-state index in [1.807, 2.05) is 11.9 Å². The van der Waals surface area contributed by atoms with E-state index in [4.69, 9.17) is 0 Å². The van der Waals surface area contributed by atoms with Gasteiger partial charge in [-0.25, -0.2) is 0 Å². The molecule has 0 radical (unpaired) electrons. The number of hydrogen-bond acceptors (Lipinski definition) is 3. The monoisotopic (exact) mass is 147 g/mol. The Kier molecular flexibility index (Phi) is 6.09. The van der Waals surface area contributed by atoms with Crippen LogP contribution in [0.1, 0.15) is 0 Å². The molecule has 0 saturated heterocycles. The summed E-state index contributed by atoms with van der Waals surface area (Å²) < 4.78 is 0. The molecule has 2 nitrogen and oxygen atoms in total. The summed E-state index contributed by atoms with van der Waals surface area (Å²) in [6.45, 7) is 1.56. The molecule has 0 fully saturated rings. The first-order chi connectivity index (χ1) is 4.31. The molecule has 0 aliphatic rings. The first kappa shape index (κ1) is 8.98. The van der Waals surface area contributed by atoms with Gasteiger partial charge >= 0.3 is 0 Å². The maximum absolute atomic E-state index is 9.93. The number of hydrogen-bond donors (Lipinski definition) is 0. The lowest BCUT2D eigenvalue weighted by Crippen LogP contribution is -2.22. The third-order valence-corrected chi connectivity index (χ3v) is 1.65. The van der Waals surface area contributed by atoms with Crippen molar-refractivity contribution in [2.75, 3.05) is 32.1 Å².